The average Bonchev–Trinajstić information content (AvgIpc) is 3.12. The highest BCUT2D eigenvalue weighted by atomic mass is 35.5. The van der Waals surface area contributed by atoms with Crippen LogP contribution >= 0.6 is 11.6 Å². The summed E-state index contributed by atoms with van der Waals surface area (Å²) < 4.78 is 41.8. The minimum absolute atomic E-state index is 0.114. The van der Waals surface area contributed by atoms with Gasteiger partial charge in [-0.25, -0.2) is 13.1 Å². The molecule has 4 aliphatic heterocycles. The molecular formula is C39H55ClN4O6S. The zero-order valence-corrected chi connectivity index (χ0v) is 31.8. The van der Waals surface area contributed by atoms with Gasteiger partial charge in [-0.3, -0.25) is 14.6 Å². The topological polar surface area (TPSA) is 112 Å². The molecule has 7 rings (SSSR count). The number of hydrogen-bond acceptors (Lipinski definition) is 9. The Bertz CT molecular complexity index is 1680. The normalized spacial score (nSPS) is 32.5. The molecule has 5 aliphatic rings. The molecule has 4 heterocycles. The van der Waals surface area contributed by atoms with Crippen LogP contribution in [-0.2, 0) is 27.8 Å². The highest BCUT2D eigenvalue weighted by Crippen LogP contribution is 2.46. The number of aliphatic hydroxyl groups is 1. The highest BCUT2D eigenvalue weighted by molar-refractivity contribution is 7.90. The first-order chi connectivity index (χ1) is 24.5. The number of aryl methyl sites for hydroxylation is 1. The molecule has 0 aromatic heterocycles. The summed E-state index contributed by atoms with van der Waals surface area (Å²) in [5.41, 5.74) is 2.43. The fourth-order valence-electron chi connectivity index (χ4n) is 9.13. The number of piperazine rings is 1. The van der Waals surface area contributed by atoms with E-state index in [0.29, 0.717) is 49.2 Å². The number of amides is 1. The largest absolute Gasteiger partial charge is 0.487 e. The summed E-state index contributed by atoms with van der Waals surface area (Å²) in [7, 11) is -3.95. The minimum Gasteiger partial charge on any atom is -0.487 e. The molecule has 1 saturated carbocycles. The number of fused-ring (bicyclic) bond motifs is 4. The third kappa shape index (κ3) is 8.24. The number of nitrogens with zero attached hydrogens (tertiary/aromatic N) is 3. The highest BCUT2D eigenvalue weighted by Gasteiger charge is 2.48. The van der Waals surface area contributed by atoms with Crippen molar-refractivity contribution in [1.82, 2.24) is 14.5 Å². The SMILES string of the molecule is C[C@@H]1[C@@H](C)CCC[C@@](O)(CN2CCN3CCOC[C@H]3C2)[C@@H]2CC[C@H]2CN2CCCCc3cc(Cl)ccc3COc3ccc(cc32)C(=O)NS1(=O)=O. The Balaban J connectivity index is 1.22. The Kier molecular flexibility index (Phi) is 11.2. The van der Waals surface area contributed by atoms with Crippen LogP contribution in [0.2, 0.25) is 5.02 Å². The molecule has 1 aliphatic carbocycles. The zero-order chi connectivity index (χ0) is 35.8. The van der Waals surface area contributed by atoms with Gasteiger partial charge < -0.3 is 19.5 Å². The van der Waals surface area contributed by atoms with E-state index in [0.717, 1.165) is 95.8 Å². The number of sulfonamides is 1. The van der Waals surface area contributed by atoms with Crippen LogP contribution in [0.1, 0.15) is 80.3 Å². The summed E-state index contributed by atoms with van der Waals surface area (Å²) >= 11 is 6.39. The Morgan fingerprint density at radius 3 is 2.67 bits per heavy atom. The molecule has 12 heteroatoms. The van der Waals surface area contributed by atoms with Crippen molar-refractivity contribution in [2.45, 2.75) is 88.7 Å². The van der Waals surface area contributed by atoms with Gasteiger partial charge in [0.1, 0.15) is 12.4 Å². The van der Waals surface area contributed by atoms with Crippen molar-refractivity contribution in [3.05, 3.63) is 58.1 Å². The van der Waals surface area contributed by atoms with Crippen LogP contribution in [0.25, 0.3) is 0 Å². The van der Waals surface area contributed by atoms with Gasteiger partial charge in [0.2, 0.25) is 10.0 Å². The molecule has 0 radical (unpaired) electrons. The van der Waals surface area contributed by atoms with Gasteiger partial charge in [0.15, 0.2) is 0 Å². The molecule has 280 valence electrons. The van der Waals surface area contributed by atoms with Gasteiger partial charge in [-0.15, -0.1) is 0 Å². The summed E-state index contributed by atoms with van der Waals surface area (Å²) in [5.74, 6) is 0.214. The number of ether oxygens (including phenoxy) is 2. The lowest BCUT2D eigenvalue weighted by Crippen LogP contribution is -2.62. The van der Waals surface area contributed by atoms with Gasteiger partial charge in [0.25, 0.3) is 5.91 Å². The predicted octanol–water partition coefficient (Wildman–Crippen LogP) is 5.10. The van der Waals surface area contributed by atoms with E-state index in [9.17, 15) is 18.3 Å². The average molecular weight is 743 g/mol. The van der Waals surface area contributed by atoms with Crippen LogP contribution < -0.4 is 14.4 Å². The molecule has 0 spiro atoms. The van der Waals surface area contributed by atoms with Crippen molar-refractivity contribution in [3.63, 3.8) is 0 Å². The molecule has 10 nitrogen and oxygen atoms in total. The van der Waals surface area contributed by atoms with E-state index in [1.807, 2.05) is 25.1 Å². The van der Waals surface area contributed by atoms with Crippen molar-refractivity contribution in [2.75, 3.05) is 63.9 Å². The van der Waals surface area contributed by atoms with E-state index in [-0.39, 0.29) is 23.3 Å². The van der Waals surface area contributed by atoms with Crippen molar-refractivity contribution < 1.29 is 27.8 Å². The molecule has 2 N–H and O–H groups in total. The minimum atomic E-state index is -3.95. The summed E-state index contributed by atoms with van der Waals surface area (Å²) in [4.78, 5) is 20.9. The smallest absolute Gasteiger partial charge is 0.264 e. The van der Waals surface area contributed by atoms with E-state index in [2.05, 4.69) is 19.4 Å². The predicted molar refractivity (Wildman–Crippen MR) is 200 cm³/mol. The fraction of sp³-hybridized carbons (Fsp3) is 0.667. The van der Waals surface area contributed by atoms with Crippen molar-refractivity contribution in [1.29, 1.82) is 0 Å². The first-order valence-electron chi connectivity index (χ1n) is 19.1. The Hall–Kier alpha value is -2.41. The number of carbonyl (C=O) groups excluding carboxylic acids is 1. The number of rotatable bonds is 2. The van der Waals surface area contributed by atoms with Crippen molar-refractivity contribution >= 4 is 33.2 Å². The lowest BCUT2D eigenvalue weighted by Gasteiger charge is -2.52. The fourth-order valence-corrected chi connectivity index (χ4v) is 10.6. The van der Waals surface area contributed by atoms with Crippen molar-refractivity contribution in [3.8, 4) is 5.75 Å². The number of benzene rings is 2. The van der Waals surface area contributed by atoms with E-state index in [1.54, 1.807) is 25.1 Å². The lowest BCUT2D eigenvalue weighted by atomic mass is 9.62. The van der Waals surface area contributed by atoms with E-state index < -0.39 is 26.8 Å². The number of carbonyl (C=O) groups is 1. The lowest BCUT2D eigenvalue weighted by molar-refractivity contribution is -0.120. The molecule has 0 unspecified atom stereocenters. The molecule has 2 aromatic rings. The van der Waals surface area contributed by atoms with Crippen LogP contribution in [0.5, 0.6) is 5.75 Å². The standard InChI is InChI=1S/C39H55ClN4O6S/c1-27-6-5-14-39(46,26-42-16-17-43-18-19-49-25-34(43)23-42)35-12-9-31(35)22-44-15-4-3-7-29-20-33(40)11-8-32(29)24-50-37-13-10-30(21-36(37)44)38(45)41-51(47,48)28(27)2/h8,10-11,13,20-21,27-28,31,34-35,46H,3-7,9,12,14-19,22-26H2,1-2H3,(H,41,45)/t27-,28+,31-,34+,35+,39+/m0/s1. The van der Waals surface area contributed by atoms with Crippen LogP contribution in [0.3, 0.4) is 0 Å². The maximum absolute atomic E-state index is 13.6. The number of nitrogens with one attached hydrogen (secondary N) is 1. The third-order valence-electron chi connectivity index (χ3n) is 12.6. The molecular weight excluding hydrogens is 688 g/mol. The second kappa shape index (κ2) is 15.5. The summed E-state index contributed by atoms with van der Waals surface area (Å²) in [6.07, 6.45) is 6.73. The van der Waals surface area contributed by atoms with Gasteiger partial charge in [-0.2, -0.15) is 0 Å². The zero-order valence-electron chi connectivity index (χ0n) is 30.2. The van der Waals surface area contributed by atoms with E-state index >= 15 is 0 Å². The van der Waals surface area contributed by atoms with Crippen molar-refractivity contribution in [2.24, 2.45) is 17.8 Å². The summed E-state index contributed by atoms with van der Waals surface area (Å²) in [5, 5.41) is 12.7. The quantitative estimate of drug-likeness (QED) is 0.434. The van der Waals surface area contributed by atoms with E-state index in [4.69, 9.17) is 21.1 Å². The third-order valence-corrected chi connectivity index (χ3v) is 14.8. The number of hydrogen-bond donors (Lipinski definition) is 2. The Morgan fingerprint density at radius 2 is 1.84 bits per heavy atom. The second-order valence-electron chi connectivity index (χ2n) is 15.9. The van der Waals surface area contributed by atoms with Gasteiger partial charge in [-0.05, 0) is 111 Å². The summed E-state index contributed by atoms with van der Waals surface area (Å²) in [6, 6.07) is 11.5. The molecule has 2 saturated heterocycles. The molecule has 6 atom stereocenters. The molecule has 2 bridgehead atoms. The maximum Gasteiger partial charge on any atom is 0.264 e. The first kappa shape index (κ1) is 36.9. The monoisotopic (exact) mass is 742 g/mol. The number of halogens is 1. The second-order valence-corrected chi connectivity index (χ2v) is 18.4. The molecule has 51 heavy (non-hydrogen) atoms. The molecule has 2 aromatic carbocycles. The van der Waals surface area contributed by atoms with Crippen LogP contribution in [0.4, 0.5) is 5.69 Å². The molecule has 1 amide bonds. The first-order valence-corrected chi connectivity index (χ1v) is 21.0. The number of β-amino-alcohol motifs (C(OH)–C–C–N with tert-alkyl or cyclic N) is 1. The van der Waals surface area contributed by atoms with Crippen LogP contribution in [-0.4, -0.2) is 105 Å². The molecule has 3 fully saturated rings. The van der Waals surface area contributed by atoms with Gasteiger partial charge >= 0.3 is 0 Å². The Morgan fingerprint density at radius 1 is 0.980 bits per heavy atom. The maximum atomic E-state index is 13.6. The van der Waals surface area contributed by atoms with Gasteiger partial charge in [0.05, 0.1) is 29.8 Å². The summed E-state index contributed by atoms with van der Waals surface area (Å²) in [6.45, 7) is 11.3. The number of morpholine rings is 1. The van der Waals surface area contributed by atoms with Crippen LogP contribution in [0, 0.1) is 17.8 Å². The van der Waals surface area contributed by atoms with E-state index in [1.165, 1.54) is 5.56 Å². The van der Waals surface area contributed by atoms with Gasteiger partial charge in [0, 0.05) is 62.4 Å². The van der Waals surface area contributed by atoms with Crippen LogP contribution in [0.15, 0.2) is 36.4 Å². The Labute approximate surface area is 308 Å². The number of anilines is 1. The van der Waals surface area contributed by atoms with Gasteiger partial charge in [-0.1, -0.05) is 31.0 Å².